The van der Waals surface area contributed by atoms with Gasteiger partial charge in [0.1, 0.15) is 4.90 Å². The van der Waals surface area contributed by atoms with Crippen LogP contribution in [-0.4, -0.2) is 77.7 Å². The van der Waals surface area contributed by atoms with Gasteiger partial charge in [0.05, 0.1) is 22.7 Å². The van der Waals surface area contributed by atoms with Gasteiger partial charge in [0.15, 0.2) is 15.8 Å². The van der Waals surface area contributed by atoms with Gasteiger partial charge < -0.3 is 4.90 Å². The van der Waals surface area contributed by atoms with Crippen molar-refractivity contribution in [3.63, 3.8) is 0 Å². The molecule has 0 aromatic carbocycles. The fourth-order valence-corrected chi connectivity index (χ4v) is 7.62. The predicted octanol–water partition coefficient (Wildman–Crippen LogP) is 2.48. The molecule has 202 valence electrons. The second-order valence-electron chi connectivity index (χ2n) is 9.79. The molecule has 0 spiro atoms. The molecular formula is C21H27F2N7O4S3. The lowest BCUT2D eigenvalue weighted by Crippen LogP contribution is -2.50. The fourth-order valence-electron chi connectivity index (χ4n) is 4.18. The number of nitrogens with zero attached hydrogens (tertiary/aromatic N) is 6. The number of nitrogens with one attached hydrogen (secondary N) is 1. The summed E-state index contributed by atoms with van der Waals surface area (Å²) in [6, 6.07) is 1.55. The van der Waals surface area contributed by atoms with Crippen molar-refractivity contribution in [3.8, 4) is 10.8 Å². The van der Waals surface area contributed by atoms with Crippen LogP contribution in [-0.2, 0) is 20.0 Å². The number of hydrogen-bond donors (Lipinski definition) is 1. The van der Waals surface area contributed by atoms with Crippen molar-refractivity contribution < 1.29 is 25.6 Å². The van der Waals surface area contributed by atoms with E-state index in [2.05, 4.69) is 19.9 Å². The molecule has 0 unspecified atom stereocenters. The Hall–Kier alpha value is -2.27. The van der Waals surface area contributed by atoms with Crippen LogP contribution >= 0.6 is 11.3 Å². The standard InChI is InChI=1S/C21H27F2N7O4S3/c1-13(2)37(33,34)29-8-6-28(7-9-29)15-10-14(36(31,32)27-21(3)4-5-21)12-30-16(15)11-24-18(30)20-26-25-19(35-20)17(22)23/h10-13,17,27H,4-9H2,1-3H3. The molecule has 1 saturated carbocycles. The highest BCUT2D eigenvalue weighted by Gasteiger charge is 2.41. The summed E-state index contributed by atoms with van der Waals surface area (Å²) < 4.78 is 83.8. The number of sulfonamides is 2. The summed E-state index contributed by atoms with van der Waals surface area (Å²) in [6.45, 7) is 6.26. The number of anilines is 1. The maximum Gasteiger partial charge on any atom is 0.291 e. The fraction of sp³-hybridized carbons (Fsp3) is 0.571. The second-order valence-corrected chi connectivity index (χ2v) is 15.0. The Kier molecular flexibility index (Phi) is 6.54. The number of aromatic nitrogens is 4. The van der Waals surface area contributed by atoms with E-state index in [1.807, 2.05) is 11.8 Å². The summed E-state index contributed by atoms with van der Waals surface area (Å²) >= 11 is 0.686. The van der Waals surface area contributed by atoms with Crippen LogP contribution in [0.4, 0.5) is 14.5 Å². The number of hydrogen-bond acceptors (Lipinski definition) is 9. The Labute approximate surface area is 217 Å². The average Bonchev–Trinajstić information content (AvgIpc) is 3.23. The molecule has 5 rings (SSSR count). The van der Waals surface area contributed by atoms with Gasteiger partial charge in [-0.3, -0.25) is 4.40 Å². The normalized spacial score (nSPS) is 18.8. The van der Waals surface area contributed by atoms with Crippen molar-refractivity contribution in [3.05, 3.63) is 23.5 Å². The van der Waals surface area contributed by atoms with Crippen LogP contribution in [0.5, 0.6) is 0 Å². The van der Waals surface area contributed by atoms with Crippen molar-refractivity contribution in [2.75, 3.05) is 31.1 Å². The first-order valence-electron chi connectivity index (χ1n) is 11.7. The second kappa shape index (κ2) is 9.18. The summed E-state index contributed by atoms with van der Waals surface area (Å²) in [5.41, 5.74) is 0.580. The quantitative estimate of drug-likeness (QED) is 0.434. The van der Waals surface area contributed by atoms with Crippen LogP contribution in [0.3, 0.4) is 0 Å². The lowest BCUT2D eigenvalue weighted by molar-refractivity contribution is 0.150. The molecule has 0 amide bonds. The van der Waals surface area contributed by atoms with Gasteiger partial charge in [0, 0.05) is 37.9 Å². The molecule has 4 heterocycles. The van der Waals surface area contributed by atoms with Crippen molar-refractivity contribution in [2.24, 2.45) is 0 Å². The Morgan fingerprint density at radius 3 is 2.32 bits per heavy atom. The molecule has 3 aromatic rings. The minimum atomic E-state index is -3.92. The van der Waals surface area contributed by atoms with Crippen LogP contribution in [0.15, 0.2) is 23.4 Å². The molecule has 3 aromatic heterocycles. The number of pyridine rings is 1. The predicted molar refractivity (Wildman–Crippen MR) is 135 cm³/mol. The first kappa shape index (κ1) is 26.3. The lowest BCUT2D eigenvalue weighted by atomic mass is 10.2. The van der Waals surface area contributed by atoms with Crippen LogP contribution < -0.4 is 9.62 Å². The van der Waals surface area contributed by atoms with E-state index in [-0.39, 0.29) is 28.8 Å². The molecule has 0 atom stereocenters. The Morgan fingerprint density at radius 2 is 1.76 bits per heavy atom. The molecular weight excluding hydrogens is 548 g/mol. The van der Waals surface area contributed by atoms with Crippen LogP contribution in [0.25, 0.3) is 16.3 Å². The highest BCUT2D eigenvalue weighted by atomic mass is 32.2. The van der Waals surface area contributed by atoms with Crippen molar-refractivity contribution in [1.29, 1.82) is 0 Å². The number of imidazole rings is 1. The topological polar surface area (TPSA) is 130 Å². The van der Waals surface area contributed by atoms with Gasteiger partial charge in [-0.1, -0.05) is 11.3 Å². The average molecular weight is 576 g/mol. The van der Waals surface area contributed by atoms with Gasteiger partial charge in [0.25, 0.3) is 6.43 Å². The van der Waals surface area contributed by atoms with Gasteiger partial charge in [-0.05, 0) is 39.7 Å². The van der Waals surface area contributed by atoms with E-state index >= 15 is 0 Å². The Balaban J connectivity index is 1.57. The molecule has 2 aliphatic rings. The minimum Gasteiger partial charge on any atom is -0.367 e. The summed E-state index contributed by atoms with van der Waals surface area (Å²) in [5, 5.41) is 6.49. The molecule has 0 bridgehead atoms. The molecule has 1 N–H and O–H groups in total. The van der Waals surface area contributed by atoms with Gasteiger partial charge in [0.2, 0.25) is 20.0 Å². The summed E-state index contributed by atoms with van der Waals surface area (Å²) in [4.78, 5) is 6.26. The molecule has 37 heavy (non-hydrogen) atoms. The third kappa shape index (κ3) is 4.96. The van der Waals surface area contributed by atoms with Gasteiger partial charge >= 0.3 is 0 Å². The van der Waals surface area contributed by atoms with E-state index in [0.717, 1.165) is 12.8 Å². The molecule has 1 saturated heterocycles. The largest absolute Gasteiger partial charge is 0.367 e. The van der Waals surface area contributed by atoms with E-state index in [4.69, 9.17) is 0 Å². The highest BCUT2D eigenvalue weighted by molar-refractivity contribution is 7.89. The van der Waals surface area contributed by atoms with Gasteiger partial charge in [-0.15, -0.1) is 10.2 Å². The van der Waals surface area contributed by atoms with Gasteiger partial charge in [-0.2, -0.15) is 4.31 Å². The number of alkyl halides is 2. The van der Waals surface area contributed by atoms with E-state index in [0.29, 0.717) is 35.6 Å². The van der Waals surface area contributed by atoms with Crippen molar-refractivity contribution in [2.45, 2.75) is 55.7 Å². The van der Waals surface area contributed by atoms with Crippen molar-refractivity contribution >= 4 is 42.6 Å². The minimum absolute atomic E-state index is 0.0156. The van der Waals surface area contributed by atoms with Crippen LogP contribution in [0.2, 0.25) is 0 Å². The van der Waals surface area contributed by atoms with E-state index in [9.17, 15) is 25.6 Å². The molecule has 1 aliphatic carbocycles. The Bertz CT molecular complexity index is 1540. The monoisotopic (exact) mass is 575 g/mol. The molecule has 0 radical (unpaired) electrons. The van der Waals surface area contributed by atoms with E-state index in [1.165, 1.54) is 21.1 Å². The molecule has 11 nitrogen and oxygen atoms in total. The highest BCUT2D eigenvalue weighted by Crippen LogP contribution is 2.37. The maximum absolute atomic E-state index is 13.3. The number of halogens is 2. The van der Waals surface area contributed by atoms with Crippen LogP contribution in [0, 0.1) is 0 Å². The number of fused-ring (bicyclic) bond motifs is 1. The van der Waals surface area contributed by atoms with Crippen molar-refractivity contribution in [1.82, 2.24) is 28.6 Å². The maximum atomic E-state index is 13.3. The first-order valence-corrected chi connectivity index (χ1v) is 15.5. The number of piperazine rings is 1. The molecule has 16 heteroatoms. The summed E-state index contributed by atoms with van der Waals surface area (Å²) in [6.07, 6.45) is 1.59. The third-order valence-electron chi connectivity index (χ3n) is 6.64. The van der Waals surface area contributed by atoms with Crippen LogP contribution in [0.1, 0.15) is 45.0 Å². The zero-order chi connectivity index (χ0) is 26.8. The first-order chi connectivity index (χ1) is 17.3. The molecule has 2 fully saturated rings. The SMILES string of the molecule is CC(C)S(=O)(=O)N1CCN(c2cc(S(=O)(=O)NC3(C)CC3)cn3c(-c4nnc(C(F)F)s4)ncc23)CC1. The molecule has 1 aliphatic heterocycles. The smallest absolute Gasteiger partial charge is 0.291 e. The number of rotatable bonds is 8. The zero-order valence-electron chi connectivity index (χ0n) is 20.4. The Morgan fingerprint density at radius 1 is 1.08 bits per heavy atom. The van der Waals surface area contributed by atoms with Gasteiger partial charge in [-0.25, -0.2) is 35.3 Å². The third-order valence-corrected chi connectivity index (χ3v) is 11.4. The summed E-state index contributed by atoms with van der Waals surface area (Å²) in [5.74, 6) is 0.191. The van der Waals surface area contributed by atoms with E-state index < -0.39 is 42.3 Å². The summed E-state index contributed by atoms with van der Waals surface area (Å²) in [7, 11) is -7.34. The zero-order valence-corrected chi connectivity index (χ0v) is 22.9. The lowest BCUT2D eigenvalue weighted by Gasteiger charge is -2.36. The van der Waals surface area contributed by atoms with E-state index in [1.54, 1.807) is 19.9 Å².